The number of carbonyl (C=O) groups is 3. The summed E-state index contributed by atoms with van der Waals surface area (Å²) in [6.07, 6.45) is 1.91. The minimum Gasteiger partial charge on any atom is -0.458 e. The quantitative estimate of drug-likeness (QED) is 0.266. The van der Waals surface area contributed by atoms with E-state index in [1.54, 1.807) is 41.5 Å². The van der Waals surface area contributed by atoms with Crippen LogP contribution in [0.1, 0.15) is 71.3 Å². The molecule has 0 saturated heterocycles. The number of halogens is 1. The SMILES string of the molecule is CC(C)(C)OC(=O)NCCCC[C@H](NC(=O)c1ncn2c(=O)n(CCCl)nnc12)C(=O)OC(C)(C)C. The van der Waals surface area contributed by atoms with Gasteiger partial charge in [0.05, 0.1) is 6.54 Å². The van der Waals surface area contributed by atoms with Gasteiger partial charge in [-0.2, -0.15) is 4.68 Å². The summed E-state index contributed by atoms with van der Waals surface area (Å²) in [6, 6.07) is -0.987. The molecule has 2 aromatic heterocycles. The molecule has 2 heterocycles. The summed E-state index contributed by atoms with van der Waals surface area (Å²) in [5, 5.41) is 13.0. The van der Waals surface area contributed by atoms with Gasteiger partial charge in [0, 0.05) is 12.4 Å². The number of ether oxygens (including phenoxy) is 2. The third-order valence-corrected chi connectivity index (χ3v) is 4.68. The number of nitrogens with zero attached hydrogens (tertiary/aromatic N) is 5. The van der Waals surface area contributed by atoms with E-state index < -0.39 is 40.9 Å². The van der Waals surface area contributed by atoms with Crippen molar-refractivity contribution in [2.75, 3.05) is 12.4 Å². The standard InChI is InChI=1S/C22H34ClN7O6/c1-21(2,3)35-18(32)14(9-7-8-11-24-19(33)36-22(4,5)6)26-17(31)15-16-27-28-30(12-10-23)20(34)29(16)13-25-15/h13-14H,7-12H2,1-6H3,(H,24,33)(H,26,31)/t14-/m0/s1. The van der Waals surface area contributed by atoms with E-state index in [1.165, 1.54) is 0 Å². The highest BCUT2D eigenvalue weighted by molar-refractivity contribution is 6.17. The molecule has 36 heavy (non-hydrogen) atoms. The predicted octanol–water partition coefficient (Wildman–Crippen LogP) is 1.66. The van der Waals surface area contributed by atoms with Gasteiger partial charge in [-0.15, -0.1) is 16.7 Å². The first kappa shape index (κ1) is 29.0. The van der Waals surface area contributed by atoms with Gasteiger partial charge >= 0.3 is 17.8 Å². The summed E-state index contributed by atoms with van der Waals surface area (Å²) in [5.74, 6) is -1.16. The molecule has 0 bridgehead atoms. The Kier molecular flexibility index (Phi) is 9.79. The van der Waals surface area contributed by atoms with Crippen LogP contribution in [0.2, 0.25) is 0 Å². The van der Waals surface area contributed by atoms with Gasteiger partial charge < -0.3 is 20.1 Å². The van der Waals surface area contributed by atoms with Gasteiger partial charge in [-0.3, -0.25) is 4.79 Å². The van der Waals surface area contributed by atoms with Crippen LogP contribution in [0.5, 0.6) is 0 Å². The zero-order valence-corrected chi connectivity index (χ0v) is 22.2. The largest absolute Gasteiger partial charge is 0.458 e. The monoisotopic (exact) mass is 527 g/mol. The lowest BCUT2D eigenvalue weighted by Crippen LogP contribution is -2.44. The topological polar surface area (TPSA) is 159 Å². The number of esters is 1. The number of nitrogens with one attached hydrogen (secondary N) is 2. The number of fused-ring (bicyclic) bond motifs is 1. The van der Waals surface area contributed by atoms with Gasteiger partial charge in [-0.05, 0) is 60.8 Å². The fraction of sp³-hybridized carbons (Fsp3) is 0.682. The minimum absolute atomic E-state index is 0.0483. The molecule has 2 aromatic rings. The first-order valence-corrected chi connectivity index (χ1v) is 12.1. The van der Waals surface area contributed by atoms with Crippen molar-refractivity contribution in [3.63, 3.8) is 0 Å². The summed E-state index contributed by atoms with van der Waals surface area (Å²) in [7, 11) is 0. The molecule has 200 valence electrons. The number of hydrogen-bond donors (Lipinski definition) is 2. The zero-order chi connectivity index (χ0) is 27.1. The van der Waals surface area contributed by atoms with Crippen molar-refractivity contribution in [1.29, 1.82) is 0 Å². The summed E-state index contributed by atoms with van der Waals surface area (Å²) in [6.45, 7) is 10.9. The van der Waals surface area contributed by atoms with Crippen LogP contribution in [0.4, 0.5) is 4.79 Å². The number of carbonyl (C=O) groups excluding carboxylic acids is 3. The molecule has 14 heteroatoms. The summed E-state index contributed by atoms with van der Waals surface area (Å²) >= 11 is 5.66. The molecule has 0 aromatic carbocycles. The highest BCUT2D eigenvalue weighted by atomic mass is 35.5. The Hall–Kier alpha value is -3.22. The van der Waals surface area contributed by atoms with Crippen molar-refractivity contribution in [3.8, 4) is 0 Å². The smallest absolute Gasteiger partial charge is 0.407 e. The average molecular weight is 528 g/mol. The number of rotatable bonds is 10. The van der Waals surface area contributed by atoms with E-state index in [4.69, 9.17) is 21.1 Å². The molecule has 2 N–H and O–H groups in total. The molecule has 0 saturated carbocycles. The predicted molar refractivity (Wildman–Crippen MR) is 131 cm³/mol. The van der Waals surface area contributed by atoms with E-state index in [2.05, 4.69) is 25.9 Å². The Balaban J connectivity index is 2.08. The maximum atomic E-state index is 13.0. The Morgan fingerprint density at radius 3 is 2.36 bits per heavy atom. The summed E-state index contributed by atoms with van der Waals surface area (Å²) in [5.41, 5.74) is -2.12. The highest BCUT2D eigenvalue weighted by Gasteiger charge is 2.28. The lowest BCUT2D eigenvalue weighted by molar-refractivity contribution is -0.157. The second-order valence-electron chi connectivity index (χ2n) is 10.1. The second-order valence-corrected chi connectivity index (χ2v) is 10.4. The van der Waals surface area contributed by atoms with Crippen molar-refractivity contribution in [2.45, 2.75) is 84.6 Å². The number of unbranched alkanes of at least 4 members (excludes halogenated alkanes) is 1. The van der Waals surface area contributed by atoms with Crippen LogP contribution in [0.3, 0.4) is 0 Å². The van der Waals surface area contributed by atoms with Crippen LogP contribution in [-0.4, -0.2) is 72.0 Å². The fourth-order valence-electron chi connectivity index (χ4n) is 3.04. The first-order chi connectivity index (χ1) is 16.7. The molecule has 0 fully saturated rings. The maximum Gasteiger partial charge on any atom is 0.407 e. The molecule has 13 nitrogen and oxygen atoms in total. The lowest BCUT2D eigenvalue weighted by Gasteiger charge is -2.24. The van der Waals surface area contributed by atoms with Crippen molar-refractivity contribution in [2.24, 2.45) is 0 Å². The molecule has 0 unspecified atom stereocenters. The van der Waals surface area contributed by atoms with Crippen LogP contribution in [-0.2, 0) is 20.8 Å². The van der Waals surface area contributed by atoms with Crippen LogP contribution in [0.25, 0.3) is 5.65 Å². The Labute approximate surface area is 213 Å². The van der Waals surface area contributed by atoms with Gasteiger partial charge in [0.15, 0.2) is 11.3 Å². The Morgan fingerprint density at radius 1 is 1.08 bits per heavy atom. The molecule has 2 amide bonds. The third-order valence-electron chi connectivity index (χ3n) is 4.51. The van der Waals surface area contributed by atoms with E-state index in [1.807, 2.05) is 0 Å². The van der Waals surface area contributed by atoms with E-state index in [9.17, 15) is 19.2 Å². The number of aryl methyl sites for hydroxylation is 1. The number of hydrogen-bond acceptors (Lipinski definition) is 9. The van der Waals surface area contributed by atoms with Crippen molar-refractivity contribution >= 4 is 35.2 Å². The molecule has 1 atom stereocenters. The number of alkyl carbamates (subject to hydrolysis) is 1. The van der Waals surface area contributed by atoms with Crippen molar-refractivity contribution in [1.82, 2.24) is 35.0 Å². The second kappa shape index (κ2) is 12.2. The minimum atomic E-state index is -0.987. The van der Waals surface area contributed by atoms with E-state index in [0.717, 1.165) is 15.4 Å². The molecular weight excluding hydrogens is 494 g/mol. The molecule has 0 aliphatic heterocycles. The van der Waals surface area contributed by atoms with Gasteiger partial charge in [-0.25, -0.2) is 23.8 Å². The fourth-order valence-corrected chi connectivity index (χ4v) is 3.20. The van der Waals surface area contributed by atoms with Gasteiger partial charge in [0.25, 0.3) is 5.91 Å². The molecule has 0 spiro atoms. The van der Waals surface area contributed by atoms with E-state index in [-0.39, 0.29) is 30.2 Å². The Morgan fingerprint density at radius 2 is 1.75 bits per heavy atom. The number of aromatic nitrogens is 5. The maximum absolute atomic E-state index is 13.0. The third kappa shape index (κ3) is 8.77. The van der Waals surface area contributed by atoms with Crippen LogP contribution < -0.4 is 16.3 Å². The van der Waals surface area contributed by atoms with Crippen LogP contribution >= 0.6 is 11.6 Å². The van der Waals surface area contributed by atoms with Gasteiger partial charge in [0.1, 0.15) is 23.6 Å². The highest BCUT2D eigenvalue weighted by Crippen LogP contribution is 2.13. The average Bonchev–Trinajstić information content (AvgIpc) is 3.17. The normalized spacial score (nSPS) is 12.8. The van der Waals surface area contributed by atoms with Crippen molar-refractivity contribution < 1.29 is 23.9 Å². The number of alkyl halides is 1. The molecule has 2 rings (SSSR count). The van der Waals surface area contributed by atoms with Gasteiger partial charge in [-0.1, -0.05) is 5.21 Å². The van der Waals surface area contributed by atoms with Gasteiger partial charge in [0.2, 0.25) is 0 Å². The molecule has 0 radical (unpaired) electrons. The van der Waals surface area contributed by atoms with Crippen molar-refractivity contribution in [3.05, 3.63) is 22.5 Å². The molecular formula is C22H34ClN7O6. The zero-order valence-electron chi connectivity index (χ0n) is 21.5. The Bertz CT molecular complexity index is 1130. The summed E-state index contributed by atoms with van der Waals surface area (Å²) in [4.78, 5) is 54.0. The van der Waals surface area contributed by atoms with Crippen LogP contribution in [0, 0.1) is 0 Å². The summed E-state index contributed by atoms with van der Waals surface area (Å²) < 4.78 is 12.8. The number of amides is 2. The first-order valence-electron chi connectivity index (χ1n) is 11.6. The molecule has 0 aliphatic rings. The lowest BCUT2D eigenvalue weighted by atomic mass is 10.1. The van der Waals surface area contributed by atoms with E-state index >= 15 is 0 Å². The number of imidazole rings is 1. The molecule has 0 aliphatic carbocycles. The van der Waals surface area contributed by atoms with E-state index in [0.29, 0.717) is 19.4 Å². The van der Waals surface area contributed by atoms with Crippen LogP contribution in [0.15, 0.2) is 11.1 Å².